The van der Waals surface area contributed by atoms with Crippen LogP contribution in [0, 0.1) is 13.8 Å². The van der Waals surface area contributed by atoms with Crippen LogP contribution in [0.2, 0.25) is 0 Å². The van der Waals surface area contributed by atoms with Crippen LogP contribution in [-0.4, -0.2) is 0 Å². The van der Waals surface area contributed by atoms with E-state index in [1.165, 1.54) is 21.1 Å². The van der Waals surface area contributed by atoms with E-state index in [1.54, 1.807) is 0 Å². The Balaban J connectivity index is 0.00000128. The van der Waals surface area contributed by atoms with Gasteiger partial charge in [-0.1, -0.05) is 0 Å². The van der Waals surface area contributed by atoms with Crippen molar-refractivity contribution in [3.63, 3.8) is 0 Å². The van der Waals surface area contributed by atoms with Gasteiger partial charge in [0.05, 0.1) is 0 Å². The summed E-state index contributed by atoms with van der Waals surface area (Å²) in [5, 5.41) is 0. The smallest absolute Gasteiger partial charge is 0.147 e. The molecule has 1 aromatic carbocycles. The summed E-state index contributed by atoms with van der Waals surface area (Å²) < 4.78 is 6.27. The van der Waals surface area contributed by atoms with Gasteiger partial charge in [0.2, 0.25) is 0 Å². The first-order valence-electron chi connectivity index (χ1n) is 5.11. The van der Waals surface area contributed by atoms with Crippen molar-refractivity contribution in [2.45, 2.75) is 20.3 Å². The van der Waals surface area contributed by atoms with Gasteiger partial charge in [0, 0.05) is 0 Å². The van der Waals surface area contributed by atoms with Crippen LogP contribution >= 0.6 is 24.8 Å². The molecule has 0 bridgehead atoms. The predicted molar refractivity (Wildman–Crippen MR) is 74.3 cm³/mol. The fourth-order valence-electron chi connectivity index (χ4n) is 1.59. The molecule has 0 spiro atoms. The molecule has 0 aromatic heterocycles. The molecule has 0 saturated carbocycles. The average Bonchev–Trinajstić information content (AvgIpc) is 2.70. The minimum Gasteiger partial charge on any atom is -0.147 e. The van der Waals surface area contributed by atoms with Crippen molar-refractivity contribution in [1.82, 2.24) is 0 Å². The molecule has 0 atom stereocenters. The number of halogens is 2. The fraction of sp³-hybridized carbons (Fsp3) is 0.231. The molecule has 1 nitrogen and oxygen atoms in total. The second-order valence-corrected chi connectivity index (χ2v) is 5.25. The van der Waals surface area contributed by atoms with E-state index in [2.05, 4.69) is 50.3 Å². The Labute approximate surface area is 122 Å². The summed E-state index contributed by atoms with van der Waals surface area (Å²) in [6.07, 6.45) is 7.64. The zero-order valence-corrected chi connectivity index (χ0v) is 12.9. The van der Waals surface area contributed by atoms with E-state index in [-0.39, 0.29) is 40.9 Å². The second-order valence-electron chi connectivity index (χ2n) is 3.73. The van der Waals surface area contributed by atoms with Crippen molar-refractivity contribution in [3.8, 4) is 0 Å². The van der Waals surface area contributed by atoms with Crippen LogP contribution in [0.4, 0.5) is 5.69 Å². The van der Waals surface area contributed by atoms with Gasteiger partial charge in [0.15, 0.2) is 0 Å². The number of hydrogen-bond donors (Lipinski definition) is 0. The summed E-state index contributed by atoms with van der Waals surface area (Å²) in [6, 6.07) is 6.36. The summed E-state index contributed by atoms with van der Waals surface area (Å²) in [5.41, 5.74) is 3.78. The summed E-state index contributed by atoms with van der Waals surface area (Å²) in [5.74, 6) is 0. The molecule has 0 unspecified atom stereocenters. The third-order valence-electron chi connectivity index (χ3n) is 2.47. The summed E-state index contributed by atoms with van der Waals surface area (Å²) in [6.45, 7) is 4.27. The van der Waals surface area contributed by atoms with E-state index in [1.807, 2.05) is 0 Å². The second kappa shape index (κ2) is 7.89. The van der Waals surface area contributed by atoms with Crippen LogP contribution < -0.4 is 0 Å². The Bertz CT molecular complexity index is 444. The molecule has 4 heteroatoms. The zero-order chi connectivity index (χ0) is 10.7. The van der Waals surface area contributed by atoms with E-state index in [0.717, 1.165) is 6.42 Å². The first kappa shape index (κ1) is 16.7. The Hall–Kier alpha value is -0.336. The molecule has 17 heavy (non-hydrogen) atoms. The number of nitrogens with zero attached hydrogens (tertiary/aromatic N) is 1. The van der Waals surface area contributed by atoms with Crippen molar-refractivity contribution in [2.24, 2.45) is 3.79 Å². The van der Waals surface area contributed by atoms with Crippen LogP contribution in [0.15, 0.2) is 44.5 Å². The van der Waals surface area contributed by atoms with Gasteiger partial charge >= 0.3 is 97.7 Å². The Morgan fingerprint density at radius 1 is 1.12 bits per heavy atom. The van der Waals surface area contributed by atoms with E-state index in [4.69, 9.17) is 3.79 Å². The van der Waals surface area contributed by atoms with Gasteiger partial charge in [-0.2, -0.15) is 0 Å². The molecular weight excluding hydrogens is 292 g/mol. The Kier molecular flexibility index (Phi) is 7.73. The van der Waals surface area contributed by atoms with Crippen molar-refractivity contribution < 1.29 is 16.1 Å². The molecule has 1 aromatic rings. The molecule has 92 valence electrons. The van der Waals surface area contributed by atoms with Crippen molar-refractivity contribution in [1.29, 1.82) is 0 Å². The van der Waals surface area contributed by atoms with Gasteiger partial charge < -0.3 is 0 Å². The molecular formula is C13H16Cl2NV. The zero-order valence-electron chi connectivity index (χ0n) is 9.88. The third kappa shape index (κ3) is 4.44. The molecule has 0 heterocycles. The minimum absolute atomic E-state index is 0. The Morgan fingerprint density at radius 3 is 2.29 bits per heavy atom. The van der Waals surface area contributed by atoms with Crippen molar-refractivity contribution in [2.75, 3.05) is 0 Å². The SMILES string of the molecule is Cc1cccc(C)c1[N]=[V][C]1=CC=CC1.Cl.Cl. The average molecular weight is 308 g/mol. The van der Waals surface area contributed by atoms with Gasteiger partial charge in [0.25, 0.3) is 0 Å². The van der Waals surface area contributed by atoms with Gasteiger partial charge in [0.1, 0.15) is 0 Å². The summed E-state index contributed by atoms with van der Waals surface area (Å²) in [4.78, 5) is 0. The number of aryl methyl sites for hydroxylation is 2. The van der Waals surface area contributed by atoms with Crippen LogP contribution in [-0.2, 0) is 16.1 Å². The first-order chi connectivity index (χ1) is 7.27. The summed E-state index contributed by atoms with van der Waals surface area (Å²) in [7, 11) is 0. The first-order valence-corrected chi connectivity index (χ1v) is 6.43. The molecule has 0 saturated heterocycles. The normalized spacial score (nSPS) is 13.2. The number of rotatable bonds is 2. The van der Waals surface area contributed by atoms with E-state index < -0.39 is 0 Å². The van der Waals surface area contributed by atoms with Crippen molar-refractivity contribution in [3.05, 3.63) is 51.8 Å². The van der Waals surface area contributed by atoms with E-state index in [9.17, 15) is 0 Å². The van der Waals surface area contributed by atoms with Crippen LogP contribution in [0.25, 0.3) is 0 Å². The van der Waals surface area contributed by atoms with Crippen molar-refractivity contribution >= 4 is 30.5 Å². The molecule has 0 N–H and O–H groups in total. The van der Waals surface area contributed by atoms with E-state index >= 15 is 0 Å². The molecule has 0 radical (unpaired) electrons. The molecule has 1 aliphatic carbocycles. The van der Waals surface area contributed by atoms with Gasteiger partial charge in [-0.15, -0.1) is 24.8 Å². The van der Waals surface area contributed by atoms with Crippen LogP contribution in [0.1, 0.15) is 17.5 Å². The number of allylic oxidation sites excluding steroid dienone is 4. The fourth-order valence-corrected chi connectivity index (χ4v) is 2.97. The topological polar surface area (TPSA) is 12.4 Å². The molecule has 0 fully saturated rings. The van der Waals surface area contributed by atoms with Gasteiger partial charge in [-0.3, -0.25) is 0 Å². The third-order valence-corrected chi connectivity index (χ3v) is 3.86. The molecule has 0 aliphatic heterocycles. The van der Waals surface area contributed by atoms with E-state index in [0.29, 0.717) is 0 Å². The number of hydrogen-bond acceptors (Lipinski definition) is 1. The predicted octanol–water partition coefficient (Wildman–Crippen LogP) is 4.89. The Morgan fingerprint density at radius 2 is 1.76 bits per heavy atom. The maximum atomic E-state index is 4.77. The number of benzene rings is 1. The summed E-state index contributed by atoms with van der Waals surface area (Å²) >= 11 is -0.0196. The largest absolute Gasteiger partial charge is 0.147 e. The maximum absolute atomic E-state index is 4.77. The quantitative estimate of drug-likeness (QED) is 0.738. The monoisotopic (exact) mass is 307 g/mol. The standard InChI is InChI=1S/C8H9N.C5H5.2ClH.V/c1-6-4-3-5-7(2)8(6)9;1-2-4-5-3-1;;;/h3-5H,1-2H3;1-3H,4H2;2*1H;. The maximum Gasteiger partial charge on any atom is -0.147 e. The minimum atomic E-state index is -0.0196. The van der Waals surface area contributed by atoms with Gasteiger partial charge in [-0.25, -0.2) is 0 Å². The van der Waals surface area contributed by atoms with Crippen LogP contribution in [0.5, 0.6) is 0 Å². The molecule has 2 rings (SSSR count). The molecule has 1 aliphatic rings. The van der Waals surface area contributed by atoms with Crippen LogP contribution in [0.3, 0.4) is 0 Å². The van der Waals surface area contributed by atoms with Gasteiger partial charge in [-0.05, 0) is 0 Å². The molecule has 0 amide bonds.